The minimum absolute atomic E-state index is 0.0179. The lowest BCUT2D eigenvalue weighted by molar-refractivity contribution is 0.246. The number of sulfonamides is 1. The second-order valence-electron chi connectivity index (χ2n) is 5.18. The van der Waals surface area contributed by atoms with Crippen molar-refractivity contribution in [1.29, 1.82) is 0 Å². The fourth-order valence-corrected chi connectivity index (χ4v) is 4.19. The zero-order valence-electron chi connectivity index (χ0n) is 11.1. The molecule has 1 aliphatic rings. The molecule has 1 saturated heterocycles. The minimum Gasteiger partial charge on any atom is -0.328 e. The van der Waals surface area contributed by atoms with Gasteiger partial charge in [-0.05, 0) is 44.4 Å². The molecule has 1 aromatic rings. The highest BCUT2D eigenvalue weighted by atomic mass is 32.2. The number of nitrogens with zero attached hydrogens (tertiary/aromatic N) is 1. The molecule has 0 aromatic heterocycles. The van der Waals surface area contributed by atoms with Crippen LogP contribution in [0.25, 0.3) is 0 Å². The number of nitrogens with two attached hydrogens (primary N) is 1. The fraction of sp³-hybridized carbons (Fsp3) is 0.538. The molecule has 0 radical (unpaired) electrons. The lowest BCUT2D eigenvalue weighted by Gasteiger charge is -2.35. The number of aryl methyl sites for hydroxylation is 1. The van der Waals surface area contributed by atoms with Crippen molar-refractivity contribution in [2.45, 2.75) is 43.7 Å². The van der Waals surface area contributed by atoms with Crippen LogP contribution in [0.3, 0.4) is 0 Å². The van der Waals surface area contributed by atoms with Gasteiger partial charge in [0.1, 0.15) is 10.7 Å². The molecule has 1 fully saturated rings. The topological polar surface area (TPSA) is 63.4 Å². The predicted molar refractivity (Wildman–Crippen MR) is 71.7 cm³/mol. The molecule has 0 saturated carbocycles. The largest absolute Gasteiger partial charge is 0.328 e. The highest BCUT2D eigenvalue weighted by molar-refractivity contribution is 7.89. The van der Waals surface area contributed by atoms with E-state index in [4.69, 9.17) is 5.73 Å². The Bertz CT molecular complexity index is 574. The molecule has 2 N–H and O–H groups in total. The van der Waals surface area contributed by atoms with Crippen LogP contribution in [0.1, 0.15) is 25.3 Å². The van der Waals surface area contributed by atoms with E-state index in [1.807, 2.05) is 6.92 Å². The van der Waals surface area contributed by atoms with Gasteiger partial charge < -0.3 is 5.73 Å². The van der Waals surface area contributed by atoms with Gasteiger partial charge in [0.2, 0.25) is 10.0 Å². The van der Waals surface area contributed by atoms with E-state index in [2.05, 4.69) is 0 Å². The number of benzene rings is 1. The second kappa shape index (κ2) is 5.19. The van der Waals surface area contributed by atoms with E-state index >= 15 is 0 Å². The molecule has 106 valence electrons. The smallest absolute Gasteiger partial charge is 0.246 e. The maximum absolute atomic E-state index is 13.9. The Balaban J connectivity index is 2.37. The summed E-state index contributed by atoms with van der Waals surface area (Å²) in [5, 5.41) is 0. The van der Waals surface area contributed by atoms with Crippen LogP contribution in [0.5, 0.6) is 0 Å². The van der Waals surface area contributed by atoms with Gasteiger partial charge in [0.25, 0.3) is 0 Å². The van der Waals surface area contributed by atoms with Crippen LogP contribution in [-0.4, -0.2) is 31.4 Å². The van der Waals surface area contributed by atoms with Gasteiger partial charge in [-0.2, -0.15) is 4.31 Å². The van der Waals surface area contributed by atoms with Crippen LogP contribution in [0.2, 0.25) is 0 Å². The summed E-state index contributed by atoms with van der Waals surface area (Å²) in [6, 6.07) is 4.00. The molecule has 2 atom stereocenters. The molecule has 1 aromatic carbocycles. The Morgan fingerprint density at radius 1 is 1.42 bits per heavy atom. The van der Waals surface area contributed by atoms with Gasteiger partial charge in [0.15, 0.2) is 0 Å². The summed E-state index contributed by atoms with van der Waals surface area (Å²) in [5.41, 5.74) is 6.52. The van der Waals surface area contributed by atoms with Crippen LogP contribution in [0.15, 0.2) is 23.1 Å². The van der Waals surface area contributed by atoms with Crippen LogP contribution in [0.4, 0.5) is 4.39 Å². The molecule has 19 heavy (non-hydrogen) atoms. The first kappa shape index (κ1) is 14.4. The molecule has 0 bridgehead atoms. The number of hydrogen-bond donors (Lipinski definition) is 1. The maximum atomic E-state index is 13.9. The van der Waals surface area contributed by atoms with Crippen LogP contribution >= 0.6 is 0 Å². The minimum atomic E-state index is -3.78. The summed E-state index contributed by atoms with van der Waals surface area (Å²) in [7, 11) is -3.78. The van der Waals surface area contributed by atoms with Crippen LogP contribution < -0.4 is 5.73 Å². The van der Waals surface area contributed by atoms with Gasteiger partial charge in [0, 0.05) is 18.6 Å². The zero-order chi connectivity index (χ0) is 14.2. The van der Waals surface area contributed by atoms with Gasteiger partial charge >= 0.3 is 0 Å². The fourth-order valence-electron chi connectivity index (χ4n) is 2.49. The van der Waals surface area contributed by atoms with Crippen molar-refractivity contribution in [2.75, 3.05) is 6.54 Å². The third kappa shape index (κ3) is 2.80. The van der Waals surface area contributed by atoms with Crippen molar-refractivity contribution in [2.24, 2.45) is 5.73 Å². The van der Waals surface area contributed by atoms with Crippen molar-refractivity contribution < 1.29 is 12.8 Å². The SMILES string of the molecule is Cc1ccc(S(=O)(=O)N2CCC(N)CC2C)c(F)c1. The summed E-state index contributed by atoms with van der Waals surface area (Å²) in [6.07, 6.45) is 1.21. The molecular formula is C13H19FN2O2S. The zero-order valence-corrected chi connectivity index (χ0v) is 12.0. The number of rotatable bonds is 2. The summed E-state index contributed by atoms with van der Waals surface area (Å²) < 4.78 is 40.2. The van der Waals surface area contributed by atoms with Crippen molar-refractivity contribution in [3.8, 4) is 0 Å². The monoisotopic (exact) mass is 286 g/mol. The van der Waals surface area contributed by atoms with Gasteiger partial charge in [-0.3, -0.25) is 0 Å². The predicted octanol–water partition coefficient (Wildman–Crippen LogP) is 1.63. The Hall–Kier alpha value is -0.980. The first-order valence-corrected chi connectivity index (χ1v) is 7.80. The first-order chi connectivity index (χ1) is 8.82. The Morgan fingerprint density at radius 2 is 2.11 bits per heavy atom. The highest BCUT2D eigenvalue weighted by Gasteiger charge is 2.34. The quantitative estimate of drug-likeness (QED) is 0.899. The van der Waals surface area contributed by atoms with Crippen LogP contribution in [0, 0.1) is 12.7 Å². The lowest BCUT2D eigenvalue weighted by atomic mass is 10.0. The molecule has 0 aliphatic carbocycles. The average molecular weight is 286 g/mol. The summed E-state index contributed by atoms with van der Waals surface area (Å²) >= 11 is 0. The molecule has 6 heteroatoms. The Morgan fingerprint density at radius 3 is 2.68 bits per heavy atom. The normalized spacial score (nSPS) is 25.5. The van der Waals surface area contributed by atoms with Crippen molar-refractivity contribution in [3.05, 3.63) is 29.6 Å². The van der Waals surface area contributed by atoms with Crippen molar-refractivity contribution in [1.82, 2.24) is 4.31 Å². The first-order valence-electron chi connectivity index (χ1n) is 6.36. The van der Waals surface area contributed by atoms with E-state index in [0.717, 1.165) is 0 Å². The van der Waals surface area contributed by atoms with E-state index in [1.54, 1.807) is 13.0 Å². The Kier molecular flexibility index (Phi) is 3.94. The molecule has 2 unspecified atom stereocenters. The number of hydrogen-bond acceptors (Lipinski definition) is 3. The highest BCUT2D eigenvalue weighted by Crippen LogP contribution is 2.26. The average Bonchev–Trinajstić information content (AvgIpc) is 2.27. The van der Waals surface area contributed by atoms with Gasteiger partial charge in [-0.15, -0.1) is 0 Å². The maximum Gasteiger partial charge on any atom is 0.246 e. The molecular weight excluding hydrogens is 267 g/mol. The Labute approximate surface area is 113 Å². The standard InChI is InChI=1S/C13H19FN2O2S/c1-9-3-4-13(12(14)7-9)19(17,18)16-6-5-11(15)8-10(16)2/h3-4,7,10-11H,5-6,8,15H2,1-2H3. The van der Waals surface area contributed by atoms with E-state index < -0.39 is 15.8 Å². The summed E-state index contributed by atoms with van der Waals surface area (Å²) in [6.45, 7) is 3.88. The van der Waals surface area contributed by atoms with Crippen molar-refractivity contribution in [3.63, 3.8) is 0 Å². The summed E-state index contributed by atoms with van der Waals surface area (Å²) in [5.74, 6) is -0.693. The third-order valence-electron chi connectivity index (χ3n) is 3.53. The van der Waals surface area contributed by atoms with Gasteiger partial charge in [-0.25, -0.2) is 12.8 Å². The van der Waals surface area contributed by atoms with E-state index in [1.165, 1.54) is 16.4 Å². The van der Waals surface area contributed by atoms with E-state index in [0.29, 0.717) is 24.9 Å². The third-order valence-corrected chi connectivity index (χ3v) is 5.58. The van der Waals surface area contributed by atoms with Gasteiger partial charge in [0.05, 0.1) is 0 Å². The van der Waals surface area contributed by atoms with E-state index in [-0.39, 0.29) is 17.0 Å². The number of piperidine rings is 1. The lowest BCUT2D eigenvalue weighted by Crippen LogP contribution is -2.48. The molecule has 0 spiro atoms. The van der Waals surface area contributed by atoms with Gasteiger partial charge in [-0.1, -0.05) is 6.07 Å². The molecule has 2 rings (SSSR count). The van der Waals surface area contributed by atoms with Crippen molar-refractivity contribution >= 4 is 10.0 Å². The molecule has 0 amide bonds. The van der Waals surface area contributed by atoms with Crippen LogP contribution in [-0.2, 0) is 10.0 Å². The number of halogens is 1. The second-order valence-corrected chi connectivity index (χ2v) is 7.04. The molecule has 1 heterocycles. The molecule has 4 nitrogen and oxygen atoms in total. The summed E-state index contributed by atoms with van der Waals surface area (Å²) in [4.78, 5) is -0.250. The molecule has 1 aliphatic heterocycles. The van der Waals surface area contributed by atoms with E-state index in [9.17, 15) is 12.8 Å².